The number of halogens is 3. The van der Waals surface area contributed by atoms with Crippen molar-refractivity contribution in [3.8, 4) is 11.1 Å². The van der Waals surface area contributed by atoms with Crippen LogP contribution in [0.3, 0.4) is 0 Å². The van der Waals surface area contributed by atoms with E-state index in [0.717, 1.165) is 48.1 Å². The first-order valence-electron chi connectivity index (χ1n) is 10.6. The zero-order valence-electron chi connectivity index (χ0n) is 17.8. The number of hydrogen-bond donors (Lipinski definition) is 1. The Labute approximate surface area is 185 Å². The Kier molecular flexibility index (Phi) is 6.48. The molecule has 0 unspecified atom stereocenters. The van der Waals surface area contributed by atoms with Crippen LogP contribution in [0.5, 0.6) is 0 Å². The molecule has 7 heteroatoms. The minimum Gasteiger partial charge on any atom is -0.379 e. The van der Waals surface area contributed by atoms with Crippen molar-refractivity contribution < 1.29 is 22.7 Å². The van der Waals surface area contributed by atoms with Crippen molar-refractivity contribution in [2.24, 2.45) is 0 Å². The van der Waals surface area contributed by atoms with Crippen molar-refractivity contribution >= 4 is 16.7 Å². The number of morpholine rings is 1. The molecule has 1 aliphatic heterocycles. The number of carbonyl (C=O) groups is 1. The van der Waals surface area contributed by atoms with E-state index < -0.39 is 11.7 Å². The highest BCUT2D eigenvalue weighted by atomic mass is 19.4. The summed E-state index contributed by atoms with van der Waals surface area (Å²) in [6.45, 7) is 5.91. The minimum absolute atomic E-state index is 0.00483. The van der Waals surface area contributed by atoms with Crippen LogP contribution in [-0.4, -0.2) is 49.7 Å². The fourth-order valence-corrected chi connectivity index (χ4v) is 4.04. The third kappa shape index (κ3) is 5.11. The molecule has 1 N–H and O–H groups in total. The van der Waals surface area contributed by atoms with Crippen LogP contribution in [-0.2, 0) is 10.9 Å². The number of ether oxygens (including phenoxy) is 1. The maximum atomic E-state index is 12.9. The van der Waals surface area contributed by atoms with E-state index in [1.807, 2.05) is 37.3 Å². The van der Waals surface area contributed by atoms with Gasteiger partial charge in [-0.15, -0.1) is 0 Å². The maximum Gasteiger partial charge on any atom is 0.416 e. The van der Waals surface area contributed by atoms with Gasteiger partial charge in [0.1, 0.15) is 0 Å². The molecule has 168 valence electrons. The molecule has 0 aromatic heterocycles. The molecule has 1 atom stereocenters. The highest BCUT2D eigenvalue weighted by Gasteiger charge is 2.30. The molecule has 1 heterocycles. The van der Waals surface area contributed by atoms with Gasteiger partial charge in [0, 0.05) is 31.2 Å². The van der Waals surface area contributed by atoms with Crippen molar-refractivity contribution in [1.29, 1.82) is 0 Å². The monoisotopic (exact) mass is 442 g/mol. The second-order valence-corrected chi connectivity index (χ2v) is 8.10. The fraction of sp³-hybridized carbons (Fsp3) is 0.320. The van der Waals surface area contributed by atoms with Gasteiger partial charge in [-0.25, -0.2) is 0 Å². The number of fused-ring (bicyclic) bond motifs is 1. The first-order valence-corrected chi connectivity index (χ1v) is 10.6. The predicted molar refractivity (Wildman–Crippen MR) is 119 cm³/mol. The summed E-state index contributed by atoms with van der Waals surface area (Å²) in [7, 11) is 0. The average molecular weight is 442 g/mol. The van der Waals surface area contributed by atoms with Gasteiger partial charge in [0.05, 0.1) is 18.8 Å². The van der Waals surface area contributed by atoms with Crippen LogP contribution in [0, 0.1) is 0 Å². The van der Waals surface area contributed by atoms with Gasteiger partial charge in [-0.2, -0.15) is 13.2 Å². The standard InChI is InChI=1S/C25H25F3N2O2/c1-17(16-30-11-13-32-14-12-30)29-24(31)20-7-10-23-19(15-20)3-2-4-22(23)18-5-8-21(9-6-18)25(26,27)28/h2-10,15,17H,11-14,16H2,1H3,(H,29,31)/t17-/m0/s1. The van der Waals surface area contributed by atoms with Crippen molar-refractivity contribution in [2.75, 3.05) is 32.8 Å². The largest absolute Gasteiger partial charge is 0.416 e. The third-order valence-electron chi connectivity index (χ3n) is 5.68. The maximum absolute atomic E-state index is 12.9. The quantitative estimate of drug-likeness (QED) is 0.606. The normalized spacial score (nSPS) is 16.1. The Morgan fingerprint density at radius 1 is 1.06 bits per heavy atom. The average Bonchev–Trinajstić information content (AvgIpc) is 2.78. The molecule has 3 aromatic carbocycles. The van der Waals surface area contributed by atoms with E-state index >= 15 is 0 Å². The lowest BCUT2D eigenvalue weighted by atomic mass is 9.96. The van der Waals surface area contributed by atoms with E-state index in [2.05, 4.69) is 10.2 Å². The van der Waals surface area contributed by atoms with Gasteiger partial charge in [-0.1, -0.05) is 36.4 Å². The van der Waals surface area contributed by atoms with Crippen molar-refractivity contribution in [2.45, 2.75) is 19.1 Å². The Morgan fingerprint density at radius 3 is 2.47 bits per heavy atom. The van der Waals surface area contributed by atoms with Gasteiger partial charge >= 0.3 is 6.18 Å². The molecule has 0 radical (unpaired) electrons. The van der Waals surface area contributed by atoms with Crippen molar-refractivity contribution in [3.05, 3.63) is 71.8 Å². The molecule has 0 saturated carbocycles. The molecule has 1 saturated heterocycles. The van der Waals surface area contributed by atoms with E-state index in [-0.39, 0.29) is 11.9 Å². The first kappa shape index (κ1) is 22.3. The molecule has 1 aliphatic rings. The van der Waals surface area contributed by atoms with Gasteiger partial charge in [0.2, 0.25) is 0 Å². The van der Waals surface area contributed by atoms with E-state index in [0.29, 0.717) is 24.3 Å². The summed E-state index contributed by atoms with van der Waals surface area (Å²) in [5.41, 5.74) is 1.39. The molecule has 0 spiro atoms. The zero-order valence-corrected chi connectivity index (χ0v) is 17.8. The molecule has 4 nitrogen and oxygen atoms in total. The summed E-state index contributed by atoms with van der Waals surface area (Å²) in [4.78, 5) is 15.0. The van der Waals surface area contributed by atoms with Gasteiger partial charge in [0.15, 0.2) is 0 Å². The van der Waals surface area contributed by atoms with Crippen LogP contribution in [0.1, 0.15) is 22.8 Å². The molecular weight excluding hydrogens is 417 g/mol. The summed E-state index contributed by atoms with van der Waals surface area (Å²) in [6, 6.07) is 16.2. The highest BCUT2D eigenvalue weighted by Crippen LogP contribution is 2.33. The molecule has 3 aromatic rings. The second kappa shape index (κ2) is 9.30. The minimum atomic E-state index is -4.36. The molecule has 4 rings (SSSR count). The van der Waals surface area contributed by atoms with Crippen LogP contribution in [0.25, 0.3) is 21.9 Å². The van der Waals surface area contributed by atoms with Gasteiger partial charge in [-0.3, -0.25) is 9.69 Å². The second-order valence-electron chi connectivity index (χ2n) is 8.10. The van der Waals surface area contributed by atoms with E-state index in [1.165, 1.54) is 12.1 Å². The number of alkyl halides is 3. The topological polar surface area (TPSA) is 41.6 Å². The summed E-state index contributed by atoms with van der Waals surface area (Å²) in [5, 5.41) is 4.78. The highest BCUT2D eigenvalue weighted by molar-refractivity contribution is 6.02. The van der Waals surface area contributed by atoms with Crippen molar-refractivity contribution in [3.63, 3.8) is 0 Å². The van der Waals surface area contributed by atoms with E-state index in [4.69, 9.17) is 4.74 Å². The van der Waals surface area contributed by atoms with E-state index in [9.17, 15) is 18.0 Å². The molecule has 1 amide bonds. The Balaban J connectivity index is 1.51. The number of hydrogen-bond acceptors (Lipinski definition) is 3. The number of rotatable bonds is 5. The fourth-order valence-electron chi connectivity index (χ4n) is 4.04. The zero-order chi connectivity index (χ0) is 22.7. The molecule has 32 heavy (non-hydrogen) atoms. The molecular formula is C25H25F3N2O2. The summed E-state index contributed by atoms with van der Waals surface area (Å²) >= 11 is 0. The van der Waals surface area contributed by atoms with E-state index in [1.54, 1.807) is 6.07 Å². The number of benzene rings is 3. The number of amides is 1. The molecule has 0 bridgehead atoms. The molecule has 1 fully saturated rings. The van der Waals surface area contributed by atoms with Crippen LogP contribution < -0.4 is 5.32 Å². The first-order chi connectivity index (χ1) is 15.3. The summed E-state index contributed by atoms with van der Waals surface area (Å²) < 4.78 is 44.0. The third-order valence-corrected chi connectivity index (χ3v) is 5.68. The molecule has 0 aliphatic carbocycles. The number of nitrogens with zero attached hydrogens (tertiary/aromatic N) is 1. The predicted octanol–water partition coefficient (Wildman–Crippen LogP) is 4.98. The van der Waals surface area contributed by atoms with Crippen LogP contribution >= 0.6 is 0 Å². The lowest BCUT2D eigenvalue weighted by Gasteiger charge is -2.29. The number of carbonyl (C=O) groups excluding carboxylic acids is 1. The summed E-state index contributed by atoms with van der Waals surface area (Å²) in [6.07, 6.45) is -4.36. The SMILES string of the molecule is C[C@@H](CN1CCOCC1)NC(=O)c1ccc2c(-c3ccc(C(F)(F)F)cc3)cccc2c1. The van der Waals surface area contributed by atoms with Crippen LogP contribution in [0.4, 0.5) is 13.2 Å². The van der Waals surface area contributed by atoms with Gasteiger partial charge < -0.3 is 10.1 Å². The Bertz CT molecular complexity index is 1090. The van der Waals surface area contributed by atoms with Crippen molar-refractivity contribution in [1.82, 2.24) is 10.2 Å². The van der Waals surface area contributed by atoms with Gasteiger partial charge in [0.25, 0.3) is 5.91 Å². The Morgan fingerprint density at radius 2 is 1.78 bits per heavy atom. The lowest BCUT2D eigenvalue weighted by molar-refractivity contribution is -0.137. The van der Waals surface area contributed by atoms with Crippen LogP contribution in [0.2, 0.25) is 0 Å². The van der Waals surface area contributed by atoms with Gasteiger partial charge in [-0.05, 0) is 53.1 Å². The number of nitrogens with one attached hydrogen (secondary N) is 1. The van der Waals surface area contributed by atoms with Crippen LogP contribution in [0.15, 0.2) is 60.7 Å². The Hall–Kier alpha value is -2.90. The summed E-state index contributed by atoms with van der Waals surface area (Å²) in [5.74, 6) is -0.146. The smallest absolute Gasteiger partial charge is 0.379 e. The lowest BCUT2D eigenvalue weighted by Crippen LogP contribution is -2.46.